The van der Waals surface area contributed by atoms with Crippen molar-refractivity contribution in [1.29, 1.82) is 0 Å². The van der Waals surface area contributed by atoms with E-state index in [4.69, 9.17) is 9.47 Å². The molecule has 160 valence electrons. The Balaban J connectivity index is 1.49. The van der Waals surface area contributed by atoms with Crippen LogP contribution in [0.25, 0.3) is 0 Å². The third-order valence-electron chi connectivity index (χ3n) is 6.38. The molecule has 2 N–H and O–H groups in total. The first-order valence-corrected chi connectivity index (χ1v) is 11.5. The van der Waals surface area contributed by atoms with Gasteiger partial charge in [-0.25, -0.2) is 0 Å². The lowest BCUT2D eigenvalue weighted by Crippen LogP contribution is -2.27. The summed E-state index contributed by atoms with van der Waals surface area (Å²) in [6.45, 7) is 0.208. The standard InChI is InChI=1S/C26H21BrN2O3/c27-18-13-24-23(31-14-32-24)12-17(18)26-25-21(28-19-8-4-5-9-20(19)29-26)10-16(11-22(25)30)15-6-2-1-3-7-15/h1-9,12-13,16,26,28-29H,10-11,14H2/t16-,26-/m0/s1. The molecule has 0 bridgehead atoms. The number of halogens is 1. The molecule has 1 aliphatic carbocycles. The zero-order valence-corrected chi connectivity index (χ0v) is 18.8. The molecule has 2 atom stereocenters. The summed E-state index contributed by atoms with van der Waals surface area (Å²) in [5.41, 5.74) is 5.84. The predicted molar refractivity (Wildman–Crippen MR) is 127 cm³/mol. The van der Waals surface area contributed by atoms with Crippen LogP contribution in [-0.4, -0.2) is 12.6 Å². The second kappa shape index (κ2) is 7.71. The van der Waals surface area contributed by atoms with Crippen molar-refractivity contribution in [3.05, 3.63) is 93.6 Å². The molecule has 0 radical (unpaired) electrons. The second-order valence-electron chi connectivity index (χ2n) is 8.31. The number of Topliss-reactive ketones (excluding diaryl/α,β-unsaturated/α-hetero) is 1. The molecule has 6 rings (SSSR count). The normalized spacial score (nSPS) is 21.2. The zero-order valence-electron chi connectivity index (χ0n) is 17.2. The van der Waals surface area contributed by atoms with Gasteiger partial charge in [-0.05, 0) is 47.7 Å². The molecule has 2 aliphatic heterocycles. The fourth-order valence-corrected chi connectivity index (χ4v) is 5.39. The van der Waals surface area contributed by atoms with Gasteiger partial charge in [-0.15, -0.1) is 0 Å². The van der Waals surface area contributed by atoms with Crippen LogP contribution in [0.4, 0.5) is 11.4 Å². The average Bonchev–Trinajstić information content (AvgIpc) is 3.18. The second-order valence-corrected chi connectivity index (χ2v) is 9.16. The van der Waals surface area contributed by atoms with Crippen LogP contribution in [0, 0.1) is 0 Å². The van der Waals surface area contributed by atoms with Crippen molar-refractivity contribution < 1.29 is 14.3 Å². The van der Waals surface area contributed by atoms with Crippen LogP contribution in [0.15, 0.2) is 82.5 Å². The van der Waals surface area contributed by atoms with Crippen molar-refractivity contribution >= 4 is 33.1 Å². The quantitative estimate of drug-likeness (QED) is 0.452. The number of hydrogen-bond acceptors (Lipinski definition) is 5. The molecular weight excluding hydrogens is 468 g/mol. The number of carbonyl (C=O) groups is 1. The number of rotatable bonds is 2. The molecule has 0 aromatic heterocycles. The molecule has 2 heterocycles. The van der Waals surface area contributed by atoms with Gasteiger partial charge in [-0.3, -0.25) is 4.79 Å². The average molecular weight is 489 g/mol. The number of fused-ring (bicyclic) bond motifs is 2. The lowest BCUT2D eigenvalue weighted by molar-refractivity contribution is -0.116. The van der Waals surface area contributed by atoms with Gasteiger partial charge < -0.3 is 20.1 Å². The van der Waals surface area contributed by atoms with Crippen molar-refractivity contribution in [2.75, 3.05) is 17.4 Å². The molecule has 3 aliphatic rings. The van der Waals surface area contributed by atoms with Crippen LogP contribution in [-0.2, 0) is 4.79 Å². The highest BCUT2D eigenvalue weighted by molar-refractivity contribution is 9.10. The van der Waals surface area contributed by atoms with E-state index in [0.717, 1.165) is 39.1 Å². The van der Waals surface area contributed by atoms with E-state index in [2.05, 4.69) is 38.7 Å². The van der Waals surface area contributed by atoms with Crippen molar-refractivity contribution in [3.63, 3.8) is 0 Å². The molecule has 32 heavy (non-hydrogen) atoms. The van der Waals surface area contributed by atoms with Gasteiger partial charge in [0.1, 0.15) is 0 Å². The summed E-state index contributed by atoms with van der Waals surface area (Å²) in [6.07, 6.45) is 1.26. The predicted octanol–water partition coefficient (Wildman–Crippen LogP) is 6.16. The first-order valence-electron chi connectivity index (χ1n) is 10.7. The van der Waals surface area contributed by atoms with E-state index < -0.39 is 0 Å². The molecular formula is C26H21BrN2O3. The molecule has 3 aromatic rings. The van der Waals surface area contributed by atoms with Crippen molar-refractivity contribution in [2.45, 2.75) is 24.8 Å². The Morgan fingerprint density at radius 3 is 2.41 bits per heavy atom. The van der Waals surface area contributed by atoms with E-state index in [1.54, 1.807) is 0 Å². The fraction of sp³-hybridized carbons (Fsp3) is 0.192. The molecule has 3 aromatic carbocycles. The Morgan fingerprint density at radius 1 is 0.875 bits per heavy atom. The van der Waals surface area contributed by atoms with Gasteiger partial charge in [0.15, 0.2) is 17.3 Å². The summed E-state index contributed by atoms with van der Waals surface area (Å²) in [5, 5.41) is 7.21. The van der Waals surface area contributed by atoms with E-state index in [9.17, 15) is 4.79 Å². The van der Waals surface area contributed by atoms with Crippen molar-refractivity contribution in [2.24, 2.45) is 0 Å². The van der Waals surface area contributed by atoms with Crippen molar-refractivity contribution in [1.82, 2.24) is 0 Å². The maximum absolute atomic E-state index is 13.6. The lowest BCUT2D eigenvalue weighted by atomic mass is 9.78. The van der Waals surface area contributed by atoms with Crippen LogP contribution in [0.1, 0.15) is 35.9 Å². The van der Waals surface area contributed by atoms with Gasteiger partial charge in [-0.2, -0.15) is 0 Å². The summed E-state index contributed by atoms with van der Waals surface area (Å²) >= 11 is 3.71. The Hall–Kier alpha value is -3.25. The summed E-state index contributed by atoms with van der Waals surface area (Å²) < 4.78 is 12.0. The Bertz CT molecular complexity index is 1260. The Kier molecular flexibility index (Phi) is 4.68. The summed E-state index contributed by atoms with van der Waals surface area (Å²) in [7, 11) is 0. The molecule has 0 saturated heterocycles. The highest BCUT2D eigenvalue weighted by Gasteiger charge is 2.37. The first-order chi connectivity index (χ1) is 15.7. The number of ketones is 1. The number of anilines is 2. The summed E-state index contributed by atoms with van der Waals surface area (Å²) in [4.78, 5) is 13.6. The van der Waals surface area contributed by atoms with Gasteiger partial charge in [0, 0.05) is 22.2 Å². The number of nitrogens with one attached hydrogen (secondary N) is 2. The van der Waals surface area contributed by atoms with Crippen LogP contribution in [0.5, 0.6) is 11.5 Å². The zero-order chi connectivity index (χ0) is 21.7. The third-order valence-corrected chi connectivity index (χ3v) is 7.07. The number of para-hydroxylation sites is 2. The monoisotopic (exact) mass is 488 g/mol. The summed E-state index contributed by atoms with van der Waals surface area (Å²) in [5.74, 6) is 1.72. The smallest absolute Gasteiger partial charge is 0.231 e. The number of ether oxygens (including phenoxy) is 2. The van der Waals surface area contributed by atoms with E-state index in [1.807, 2.05) is 54.6 Å². The first kappa shape index (κ1) is 19.4. The number of benzene rings is 3. The van der Waals surface area contributed by atoms with Crippen molar-refractivity contribution in [3.8, 4) is 11.5 Å². The fourth-order valence-electron chi connectivity index (χ4n) is 4.84. The van der Waals surface area contributed by atoms with Crippen LogP contribution in [0.2, 0.25) is 0 Å². The van der Waals surface area contributed by atoms with Crippen LogP contribution < -0.4 is 20.1 Å². The maximum Gasteiger partial charge on any atom is 0.231 e. The van der Waals surface area contributed by atoms with Gasteiger partial charge >= 0.3 is 0 Å². The highest BCUT2D eigenvalue weighted by atomic mass is 79.9. The van der Waals surface area contributed by atoms with Gasteiger partial charge in [0.25, 0.3) is 0 Å². The molecule has 0 spiro atoms. The number of carbonyl (C=O) groups excluding carboxylic acids is 1. The Labute approximate surface area is 194 Å². The minimum atomic E-state index is -0.311. The number of allylic oxidation sites excluding steroid dienone is 1. The largest absolute Gasteiger partial charge is 0.454 e. The molecule has 5 nitrogen and oxygen atoms in total. The SMILES string of the molecule is O=C1C[C@@H](c2ccccc2)CC2=C1[C@H](c1cc3c(cc1Br)OCO3)Nc1ccccc1N2. The highest BCUT2D eigenvalue weighted by Crippen LogP contribution is 2.47. The van der Waals surface area contributed by atoms with E-state index in [-0.39, 0.29) is 24.5 Å². The molecule has 0 amide bonds. The third kappa shape index (κ3) is 3.26. The van der Waals surface area contributed by atoms with Gasteiger partial charge in [0.2, 0.25) is 6.79 Å². The maximum atomic E-state index is 13.6. The van der Waals surface area contributed by atoms with E-state index in [0.29, 0.717) is 17.9 Å². The van der Waals surface area contributed by atoms with Crippen LogP contribution >= 0.6 is 15.9 Å². The minimum absolute atomic E-state index is 0.154. The van der Waals surface area contributed by atoms with Crippen LogP contribution in [0.3, 0.4) is 0 Å². The summed E-state index contributed by atoms with van der Waals surface area (Å²) in [6, 6.07) is 22.0. The molecule has 0 unspecified atom stereocenters. The Morgan fingerprint density at radius 2 is 1.59 bits per heavy atom. The molecule has 6 heteroatoms. The molecule has 0 saturated carbocycles. The van der Waals surface area contributed by atoms with E-state index >= 15 is 0 Å². The minimum Gasteiger partial charge on any atom is -0.454 e. The lowest BCUT2D eigenvalue weighted by Gasteiger charge is -2.30. The number of hydrogen-bond donors (Lipinski definition) is 2. The van der Waals surface area contributed by atoms with Gasteiger partial charge in [-0.1, -0.05) is 58.4 Å². The molecule has 0 fully saturated rings. The van der Waals surface area contributed by atoms with Gasteiger partial charge in [0.05, 0.1) is 17.4 Å². The van der Waals surface area contributed by atoms with E-state index in [1.165, 1.54) is 5.56 Å². The topological polar surface area (TPSA) is 59.6 Å².